The first-order valence-electron chi connectivity index (χ1n) is 5.91. The fraction of sp³-hybridized carbons (Fsp3) is 0.0714. The van der Waals surface area contributed by atoms with E-state index in [0.717, 1.165) is 6.07 Å². The van der Waals surface area contributed by atoms with Crippen LogP contribution in [0.1, 0.15) is 15.9 Å². The van der Waals surface area contributed by atoms with E-state index in [-0.39, 0.29) is 11.3 Å². The Kier molecular flexibility index (Phi) is 3.75. The molecule has 0 atom stereocenters. The lowest BCUT2D eigenvalue weighted by atomic mass is 10.1. The summed E-state index contributed by atoms with van der Waals surface area (Å²) in [6.45, 7) is 0. The molecule has 2 aromatic carbocycles. The number of carbonyl (C=O) groups is 1. The van der Waals surface area contributed by atoms with Gasteiger partial charge in [0.25, 0.3) is 0 Å². The summed E-state index contributed by atoms with van der Waals surface area (Å²) in [5.41, 5.74) is 10.1. The van der Waals surface area contributed by atoms with Crippen molar-refractivity contribution in [3.8, 4) is 0 Å². The molecule has 0 saturated heterocycles. The summed E-state index contributed by atoms with van der Waals surface area (Å²) in [5.74, 6) is -0.917. The molecule has 0 bridgehead atoms. The number of halogens is 3. The van der Waals surface area contributed by atoms with E-state index < -0.39 is 17.6 Å². The standard InChI is InChI=1S/C14H12F3N3O/c15-14(16,17)11-7-8(13(19)21)1-6-12(11)20-10-4-2-9(18)3-5-10/h1-7,20H,18H2,(H2,19,21). The molecule has 0 aliphatic carbocycles. The zero-order chi connectivity index (χ0) is 15.6. The number of anilines is 3. The Morgan fingerprint density at radius 2 is 1.67 bits per heavy atom. The Hall–Kier alpha value is -2.70. The van der Waals surface area contributed by atoms with Gasteiger partial charge in [-0.2, -0.15) is 13.2 Å². The third-order valence-electron chi connectivity index (χ3n) is 2.80. The van der Waals surface area contributed by atoms with Crippen molar-refractivity contribution < 1.29 is 18.0 Å². The Bertz CT molecular complexity index is 666. The first-order valence-corrected chi connectivity index (χ1v) is 5.91. The SMILES string of the molecule is NC(=O)c1ccc(Nc2ccc(N)cc2)c(C(F)(F)F)c1. The molecule has 2 rings (SSSR count). The molecule has 0 aliphatic rings. The van der Waals surface area contributed by atoms with Crippen molar-refractivity contribution in [1.29, 1.82) is 0 Å². The highest BCUT2D eigenvalue weighted by Gasteiger charge is 2.34. The fourth-order valence-electron chi connectivity index (χ4n) is 1.76. The van der Waals surface area contributed by atoms with Crippen molar-refractivity contribution in [3.63, 3.8) is 0 Å². The highest BCUT2D eigenvalue weighted by molar-refractivity contribution is 5.93. The van der Waals surface area contributed by atoms with Crippen LogP contribution in [-0.4, -0.2) is 5.91 Å². The minimum absolute atomic E-state index is 0.169. The fourth-order valence-corrected chi connectivity index (χ4v) is 1.76. The van der Waals surface area contributed by atoms with Crippen LogP contribution in [0.15, 0.2) is 42.5 Å². The Morgan fingerprint density at radius 3 is 2.19 bits per heavy atom. The molecule has 0 aliphatic heterocycles. The van der Waals surface area contributed by atoms with Crippen molar-refractivity contribution in [3.05, 3.63) is 53.6 Å². The Labute approximate surface area is 118 Å². The highest BCUT2D eigenvalue weighted by atomic mass is 19.4. The Balaban J connectivity index is 2.43. The average molecular weight is 295 g/mol. The predicted molar refractivity (Wildman–Crippen MR) is 74.1 cm³/mol. The number of rotatable bonds is 3. The van der Waals surface area contributed by atoms with Crippen LogP contribution in [0.5, 0.6) is 0 Å². The number of benzene rings is 2. The molecular weight excluding hydrogens is 283 g/mol. The molecule has 0 fully saturated rings. The molecule has 0 aromatic heterocycles. The van der Waals surface area contributed by atoms with E-state index in [1.807, 2.05) is 0 Å². The van der Waals surface area contributed by atoms with Crippen LogP contribution >= 0.6 is 0 Å². The third-order valence-corrected chi connectivity index (χ3v) is 2.80. The second-order valence-electron chi connectivity index (χ2n) is 4.37. The van der Waals surface area contributed by atoms with E-state index in [4.69, 9.17) is 11.5 Å². The topological polar surface area (TPSA) is 81.1 Å². The number of amides is 1. The third kappa shape index (κ3) is 3.44. The quantitative estimate of drug-likeness (QED) is 0.761. The molecule has 2 aromatic rings. The minimum atomic E-state index is -4.61. The predicted octanol–water partition coefficient (Wildman–Crippen LogP) is 3.13. The second-order valence-corrected chi connectivity index (χ2v) is 4.37. The minimum Gasteiger partial charge on any atom is -0.399 e. The molecule has 7 heteroatoms. The summed E-state index contributed by atoms with van der Waals surface area (Å²) in [4.78, 5) is 11.0. The van der Waals surface area contributed by atoms with E-state index in [1.54, 1.807) is 24.3 Å². The number of alkyl halides is 3. The zero-order valence-electron chi connectivity index (χ0n) is 10.7. The first-order chi connectivity index (χ1) is 9.77. The number of nitrogens with one attached hydrogen (secondary N) is 1. The van der Waals surface area contributed by atoms with E-state index in [2.05, 4.69) is 5.32 Å². The summed E-state index contributed by atoms with van der Waals surface area (Å²) in [6, 6.07) is 9.36. The van der Waals surface area contributed by atoms with Crippen LogP contribution in [0.25, 0.3) is 0 Å². The molecule has 0 saturated carbocycles. The largest absolute Gasteiger partial charge is 0.418 e. The molecular formula is C14H12F3N3O. The maximum absolute atomic E-state index is 13.0. The van der Waals surface area contributed by atoms with Crippen molar-refractivity contribution in [2.24, 2.45) is 5.73 Å². The summed E-state index contributed by atoms with van der Waals surface area (Å²) in [7, 11) is 0. The summed E-state index contributed by atoms with van der Waals surface area (Å²) >= 11 is 0. The summed E-state index contributed by atoms with van der Waals surface area (Å²) in [6.07, 6.45) is -4.61. The number of hydrogen-bond donors (Lipinski definition) is 3. The van der Waals surface area contributed by atoms with Gasteiger partial charge in [-0.15, -0.1) is 0 Å². The molecule has 1 amide bonds. The molecule has 21 heavy (non-hydrogen) atoms. The lowest BCUT2D eigenvalue weighted by Gasteiger charge is -2.15. The van der Waals surface area contributed by atoms with Crippen LogP contribution < -0.4 is 16.8 Å². The van der Waals surface area contributed by atoms with Gasteiger partial charge in [-0.05, 0) is 42.5 Å². The smallest absolute Gasteiger partial charge is 0.399 e. The lowest BCUT2D eigenvalue weighted by Crippen LogP contribution is -2.15. The second kappa shape index (κ2) is 5.35. The van der Waals surface area contributed by atoms with Gasteiger partial charge in [0.15, 0.2) is 0 Å². The monoisotopic (exact) mass is 295 g/mol. The van der Waals surface area contributed by atoms with Crippen molar-refractivity contribution in [1.82, 2.24) is 0 Å². The number of hydrogen-bond acceptors (Lipinski definition) is 3. The van der Waals surface area contributed by atoms with Crippen LogP contribution in [0.4, 0.5) is 30.2 Å². The van der Waals surface area contributed by atoms with Gasteiger partial charge in [0.2, 0.25) is 5.91 Å². The highest BCUT2D eigenvalue weighted by Crippen LogP contribution is 2.36. The summed E-state index contributed by atoms with van der Waals surface area (Å²) in [5, 5.41) is 2.64. The van der Waals surface area contributed by atoms with Gasteiger partial charge in [0.05, 0.1) is 11.3 Å². The van der Waals surface area contributed by atoms with Crippen molar-refractivity contribution in [2.75, 3.05) is 11.1 Å². The number of primary amides is 1. The van der Waals surface area contributed by atoms with Crippen molar-refractivity contribution >= 4 is 23.0 Å². The van der Waals surface area contributed by atoms with Crippen LogP contribution in [0, 0.1) is 0 Å². The molecule has 0 radical (unpaired) electrons. The van der Waals surface area contributed by atoms with Gasteiger partial charge in [-0.25, -0.2) is 0 Å². The van der Waals surface area contributed by atoms with Gasteiger partial charge in [-0.1, -0.05) is 0 Å². The molecule has 0 spiro atoms. The lowest BCUT2D eigenvalue weighted by molar-refractivity contribution is -0.136. The maximum Gasteiger partial charge on any atom is 0.418 e. The zero-order valence-corrected chi connectivity index (χ0v) is 10.7. The maximum atomic E-state index is 13.0. The van der Waals surface area contributed by atoms with E-state index in [1.165, 1.54) is 12.1 Å². The molecule has 5 N–H and O–H groups in total. The van der Waals surface area contributed by atoms with Gasteiger partial charge in [0, 0.05) is 16.9 Å². The van der Waals surface area contributed by atoms with E-state index in [0.29, 0.717) is 11.4 Å². The van der Waals surface area contributed by atoms with Crippen LogP contribution in [-0.2, 0) is 6.18 Å². The number of nitrogens with two attached hydrogens (primary N) is 2. The first kappa shape index (κ1) is 14.7. The van der Waals surface area contributed by atoms with Gasteiger partial charge in [-0.3, -0.25) is 4.79 Å². The van der Waals surface area contributed by atoms with Gasteiger partial charge < -0.3 is 16.8 Å². The average Bonchev–Trinajstić information content (AvgIpc) is 2.40. The summed E-state index contributed by atoms with van der Waals surface area (Å²) < 4.78 is 39.1. The van der Waals surface area contributed by atoms with Gasteiger partial charge in [0.1, 0.15) is 0 Å². The number of carbonyl (C=O) groups excluding carboxylic acids is 1. The normalized spacial score (nSPS) is 11.2. The van der Waals surface area contributed by atoms with E-state index >= 15 is 0 Å². The number of nitrogen functional groups attached to an aromatic ring is 1. The Morgan fingerprint density at radius 1 is 1.05 bits per heavy atom. The van der Waals surface area contributed by atoms with E-state index in [9.17, 15) is 18.0 Å². The van der Waals surface area contributed by atoms with Crippen LogP contribution in [0.2, 0.25) is 0 Å². The molecule has 4 nitrogen and oxygen atoms in total. The molecule has 0 unspecified atom stereocenters. The van der Waals surface area contributed by atoms with Gasteiger partial charge >= 0.3 is 6.18 Å². The van der Waals surface area contributed by atoms with Crippen molar-refractivity contribution in [2.45, 2.75) is 6.18 Å². The molecule has 0 heterocycles. The van der Waals surface area contributed by atoms with Crippen LogP contribution in [0.3, 0.4) is 0 Å². The molecule has 110 valence electrons.